The van der Waals surface area contributed by atoms with Crippen molar-refractivity contribution in [1.82, 2.24) is 0 Å². The summed E-state index contributed by atoms with van der Waals surface area (Å²) in [5.74, 6) is -0.574. The molecule has 2 N–H and O–H groups in total. The summed E-state index contributed by atoms with van der Waals surface area (Å²) in [7, 11) is 0. The third-order valence-electron chi connectivity index (χ3n) is 2.74. The van der Waals surface area contributed by atoms with Gasteiger partial charge in [-0.1, -0.05) is 24.3 Å². The van der Waals surface area contributed by atoms with E-state index in [1.165, 1.54) is 0 Å². The molecule has 2 rings (SSSR count). The van der Waals surface area contributed by atoms with Gasteiger partial charge in [-0.15, -0.1) is 0 Å². The number of carbonyl (C=O) groups is 1. The summed E-state index contributed by atoms with van der Waals surface area (Å²) in [6.45, 7) is 0. The van der Waals surface area contributed by atoms with Crippen molar-refractivity contribution in [2.75, 3.05) is 0 Å². The Morgan fingerprint density at radius 3 is 2.67 bits per heavy atom. The van der Waals surface area contributed by atoms with Gasteiger partial charge in [0.1, 0.15) is 5.75 Å². The Morgan fingerprint density at radius 2 is 2.07 bits per heavy atom. The van der Waals surface area contributed by atoms with Gasteiger partial charge in [-0.25, -0.2) is 4.79 Å². The summed E-state index contributed by atoms with van der Waals surface area (Å²) in [5, 5.41) is 18.4. The van der Waals surface area contributed by atoms with Gasteiger partial charge in [0.25, 0.3) is 0 Å². The lowest BCUT2D eigenvalue weighted by Crippen LogP contribution is -1.96. The average molecular weight is 204 g/mol. The van der Waals surface area contributed by atoms with Gasteiger partial charge in [0, 0.05) is 17.1 Å². The molecule has 3 nitrogen and oxygen atoms in total. The number of carboxylic acid groups (broad SMARTS) is 1. The van der Waals surface area contributed by atoms with Crippen molar-refractivity contribution in [3.05, 3.63) is 41.5 Å². The van der Waals surface area contributed by atoms with Crippen LogP contribution in [-0.4, -0.2) is 16.2 Å². The maximum atomic E-state index is 10.7. The minimum Gasteiger partial charge on any atom is -0.508 e. The molecule has 1 aromatic rings. The molecule has 0 saturated carbocycles. The molecule has 1 aliphatic carbocycles. The maximum absolute atomic E-state index is 10.7. The predicted molar refractivity (Wildman–Crippen MR) is 55.8 cm³/mol. The normalized spacial score (nSPS) is 20.0. The van der Waals surface area contributed by atoms with E-state index in [0.29, 0.717) is 12.0 Å². The number of benzene rings is 1. The summed E-state index contributed by atoms with van der Waals surface area (Å²) in [6.07, 6.45) is 3.07. The van der Waals surface area contributed by atoms with Gasteiger partial charge in [0.05, 0.1) is 0 Å². The first-order valence-electron chi connectivity index (χ1n) is 4.90. The van der Waals surface area contributed by atoms with Crippen LogP contribution in [0.1, 0.15) is 24.3 Å². The van der Waals surface area contributed by atoms with Crippen molar-refractivity contribution < 1.29 is 15.0 Å². The quantitative estimate of drug-likeness (QED) is 0.777. The number of allylic oxidation sites excluding steroid dienone is 1. The minimum absolute atomic E-state index is 0.0392. The highest BCUT2D eigenvalue weighted by molar-refractivity contribution is 5.87. The second-order valence-corrected chi connectivity index (χ2v) is 3.70. The van der Waals surface area contributed by atoms with Crippen molar-refractivity contribution >= 4 is 5.97 Å². The monoisotopic (exact) mass is 204 g/mol. The molecule has 0 aliphatic heterocycles. The molecule has 15 heavy (non-hydrogen) atoms. The molecule has 1 aromatic carbocycles. The van der Waals surface area contributed by atoms with Gasteiger partial charge in [-0.05, 0) is 18.9 Å². The fourth-order valence-corrected chi connectivity index (χ4v) is 1.95. The molecule has 0 saturated heterocycles. The Hall–Kier alpha value is -1.77. The van der Waals surface area contributed by atoms with E-state index >= 15 is 0 Å². The standard InChI is InChI=1S/C12H12O3/c13-11-4-2-1-3-10(11)8-5-6-9(7-8)12(14)15/h1-4,7-8,13H,5-6H2,(H,14,15). The van der Waals surface area contributed by atoms with E-state index in [1.807, 2.05) is 12.1 Å². The maximum Gasteiger partial charge on any atom is 0.331 e. The SMILES string of the molecule is O=C(O)C1=CC(c2ccccc2O)CC1. The summed E-state index contributed by atoms with van der Waals surface area (Å²) in [5.41, 5.74) is 1.26. The van der Waals surface area contributed by atoms with Crippen molar-refractivity contribution in [3.63, 3.8) is 0 Å². The van der Waals surface area contributed by atoms with Gasteiger partial charge >= 0.3 is 5.97 Å². The van der Waals surface area contributed by atoms with E-state index in [4.69, 9.17) is 5.11 Å². The van der Waals surface area contributed by atoms with Crippen LogP contribution >= 0.6 is 0 Å². The molecule has 0 amide bonds. The molecule has 1 atom stereocenters. The summed E-state index contributed by atoms with van der Waals surface area (Å²) < 4.78 is 0. The lowest BCUT2D eigenvalue weighted by Gasteiger charge is -2.08. The molecule has 0 aromatic heterocycles. The van der Waals surface area contributed by atoms with Crippen molar-refractivity contribution in [3.8, 4) is 5.75 Å². The predicted octanol–water partition coefficient (Wildman–Crippen LogP) is 2.28. The first-order valence-corrected chi connectivity index (χ1v) is 4.90. The van der Waals surface area contributed by atoms with Crippen LogP contribution in [0, 0.1) is 0 Å². The Morgan fingerprint density at radius 1 is 1.33 bits per heavy atom. The Balaban J connectivity index is 2.28. The number of rotatable bonds is 2. The highest BCUT2D eigenvalue weighted by Crippen LogP contribution is 2.36. The number of phenolic OH excluding ortho intramolecular Hbond substituents is 1. The van der Waals surface area contributed by atoms with Crippen LogP contribution in [0.3, 0.4) is 0 Å². The van der Waals surface area contributed by atoms with E-state index in [-0.39, 0.29) is 11.7 Å². The molecule has 0 bridgehead atoms. The average Bonchev–Trinajstić information content (AvgIpc) is 2.67. The third kappa shape index (κ3) is 1.86. The van der Waals surface area contributed by atoms with Crippen molar-refractivity contribution in [1.29, 1.82) is 0 Å². The second-order valence-electron chi connectivity index (χ2n) is 3.70. The summed E-state index contributed by atoms with van der Waals surface area (Å²) >= 11 is 0. The van der Waals surface area contributed by atoms with Gasteiger partial charge in [-0.2, -0.15) is 0 Å². The van der Waals surface area contributed by atoms with Crippen LogP contribution in [0.15, 0.2) is 35.9 Å². The second kappa shape index (κ2) is 3.77. The molecule has 0 radical (unpaired) electrons. The zero-order valence-electron chi connectivity index (χ0n) is 8.18. The molecular weight excluding hydrogens is 192 g/mol. The van der Waals surface area contributed by atoms with Crippen molar-refractivity contribution in [2.24, 2.45) is 0 Å². The fourth-order valence-electron chi connectivity index (χ4n) is 1.95. The van der Waals surface area contributed by atoms with Gasteiger partial charge in [0.2, 0.25) is 0 Å². The molecule has 0 fully saturated rings. The van der Waals surface area contributed by atoms with Crippen LogP contribution in [-0.2, 0) is 4.79 Å². The molecule has 0 heterocycles. The number of aromatic hydroxyl groups is 1. The van der Waals surface area contributed by atoms with Crippen LogP contribution in [0.4, 0.5) is 0 Å². The number of phenols is 1. The van der Waals surface area contributed by atoms with E-state index in [0.717, 1.165) is 12.0 Å². The van der Waals surface area contributed by atoms with Crippen molar-refractivity contribution in [2.45, 2.75) is 18.8 Å². The Kier molecular flexibility index (Phi) is 2.46. The van der Waals surface area contributed by atoms with Crippen LogP contribution < -0.4 is 0 Å². The highest BCUT2D eigenvalue weighted by Gasteiger charge is 2.22. The van der Waals surface area contributed by atoms with E-state index in [1.54, 1.807) is 18.2 Å². The first kappa shape index (κ1) is 9.77. The summed E-state index contributed by atoms with van der Waals surface area (Å²) in [6, 6.07) is 7.07. The zero-order chi connectivity index (χ0) is 10.8. The lowest BCUT2D eigenvalue weighted by atomic mass is 9.98. The van der Waals surface area contributed by atoms with E-state index in [9.17, 15) is 9.90 Å². The lowest BCUT2D eigenvalue weighted by molar-refractivity contribution is -0.132. The Bertz CT molecular complexity index is 421. The highest BCUT2D eigenvalue weighted by atomic mass is 16.4. The smallest absolute Gasteiger partial charge is 0.331 e. The summed E-state index contributed by atoms with van der Waals surface area (Å²) in [4.78, 5) is 10.7. The first-order chi connectivity index (χ1) is 7.18. The van der Waals surface area contributed by atoms with Gasteiger partial charge in [0.15, 0.2) is 0 Å². The number of carboxylic acids is 1. The Labute approximate surface area is 87.7 Å². The van der Waals surface area contributed by atoms with Gasteiger partial charge in [-0.3, -0.25) is 0 Å². The number of hydrogen-bond acceptors (Lipinski definition) is 2. The van der Waals surface area contributed by atoms with Gasteiger partial charge < -0.3 is 10.2 Å². The zero-order valence-corrected chi connectivity index (χ0v) is 8.18. The van der Waals surface area contributed by atoms with E-state index in [2.05, 4.69) is 0 Å². The number of hydrogen-bond donors (Lipinski definition) is 2. The molecule has 78 valence electrons. The molecule has 1 aliphatic rings. The molecule has 3 heteroatoms. The number of aliphatic carboxylic acids is 1. The van der Waals surface area contributed by atoms with E-state index < -0.39 is 5.97 Å². The minimum atomic E-state index is -0.854. The fraction of sp³-hybridized carbons (Fsp3) is 0.250. The molecule has 0 spiro atoms. The molecule has 1 unspecified atom stereocenters. The molecular formula is C12H12O3. The topological polar surface area (TPSA) is 57.5 Å². The largest absolute Gasteiger partial charge is 0.508 e. The third-order valence-corrected chi connectivity index (χ3v) is 2.74. The van der Waals surface area contributed by atoms with Crippen LogP contribution in [0.5, 0.6) is 5.75 Å². The van der Waals surface area contributed by atoms with Crippen LogP contribution in [0.2, 0.25) is 0 Å². The van der Waals surface area contributed by atoms with Crippen LogP contribution in [0.25, 0.3) is 0 Å². The number of para-hydroxylation sites is 1.